The lowest BCUT2D eigenvalue weighted by Crippen LogP contribution is -2.16. The Kier molecular flexibility index (Phi) is 3.01. The number of halogens is 1. The van der Waals surface area contributed by atoms with Gasteiger partial charge in [0.25, 0.3) is 5.91 Å². The molecule has 0 spiro atoms. The number of amides is 1. The van der Waals surface area contributed by atoms with Crippen molar-refractivity contribution >= 4 is 23.5 Å². The van der Waals surface area contributed by atoms with Crippen LogP contribution in [0.3, 0.4) is 0 Å². The van der Waals surface area contributed by atoms with Crippen LogP contribution in [0, 0.1) is 0 Å². The quantitative estimate of drug-likeness (QED) is 0.859. The number of aromatic nitrogens is 4. The van der Waals surface area contributed by atoms with Crippen LogP contribution in [0.1, 0.15) is 10.5 Å². The molecule has 0 radical (unpaired) electrons. The molecule has 2 N–H and O–H groups in total. The molecule has 0 aliphatic rings. The van der Waals surface area contributed by atoms with E-state index in [9.17, 15) is 4.79 Å². The largest absolute Gasteiger partial charge is 0.466 e. The summed E-state index contributed by atoms with van der Waals surface area (Å²) in [5.41, 5.74) is 0.422. The monoisotopic (exact) mass is 255 g/mol. The molecule has 0 saturated heterocycles. The van der Waals surface area contributed by atoms with Gasteiger partial charge in [-0.05, 0) is 6.07 Å². The number of rotatable bonds is 3. The molecular formula is C9H10ClN5O2. The molecule has 8 heteroatoms. The highest BCUT2D eigenvalue weighted by atomic mass is 35.5. The number of aryl methyl sites for hydroxylation is 1. The first-order valence-corrected chi connectivity index (χ1v) is 5.07. The molecule has 2 rings (SSSR count). The Labute approximate surface area is 102 Å². The Balaban J connectivity index is 2.14. The number of carbonyl (C=O) groups excluding carboxylic acids is 1. The molecule has 0 aliphatic heterocycles. The van der Waals surface area contributed by atoms with Gasteiger partial charge in [-0.25, -0.2) is 5.10 Å². The first-order chi connectivity index (χ1) is 8.10. The fourth-order valence-electron chi connectivity index (χ4n) is 1.32. The van der Waals surface area contributed by atoms with Gasteiger partial charge < -0.3 is 9.30 Å². The van der Waals surface area contributed by atoms with Gasteiger partial charge in [0, 0.05) is 13.2 Å². The number of anilines is 1. The number of nitrogens with zero attached hydrogens (tertiary/aromatic N) is 3. The normalized spacial score (nSPS) is 10.3. The molecule has 0 atom stereocenters. The van der Waals surface area contributed by atoms with Crippen molar-refractivity contribution in [3.8, 4) is 6.01 Å². The van der Waals surface area contributed by atoms with E-state index in [1.54, 1.807) is 23.9 Å². The van der Waals surface area contributed by atoms with Gasteiger partial charge in [0.05, 0.1) is 12.1 Å². The molecular weight excluding hydrogens is 246 g/mol. The number of methoxy groups -OCH3 is 1. The molecule has 0 aromatic carbocycles. The molecule has 2 aromatic heterocycles. The highest BCUT2D eigenvalue weighted by Gasteiger charge is 2.13. The lowest BCUT2D eigenvalue weighted by atomic mass is 10.4. The fourth-order valence-corrected chi connectivity index (χ4v) is 1.56. The van der Waals surface area contributed by atoms with E-state index in [4.69, 9.17) is 16.3 Å². The summed E-state index contributed by atoms with van der Waals surface area (Å²) in [6.45, 7) is 0. The lowest BCUT2D eigenvalue weighted by molar-refractivity contribution is 0.101. The first-order valence-electron chi connectivity index (χ1n) is 4.69. The minimum atomic E-state index is -0.335. The van der Waals surface area contributed by atoms with Gasteiger partial charge in [0.2, 0.25) is 5.95 Å². The summed E-state index contributed by atoms with van der Waals surface area (Å²) in [6, 6.07) is 1.72. The Bertz CT molecular complexity index is 547. The molecule has 7 nitrogen and oxygen atoms in total. The maximum Gasteiger partial charge on any atom is 0.336 e. The highest BCUT2D eigenvalue weighted by Crippen LogP contribution is 2.14. The molecule has 90 valence electrons. The summed E-state index contributed by atoms with van der Waals surface area (Å²) >= 11 is 5.78. The maximum atomic E-state index is 11.8. The van der Waals surface area contributed by atoms with Crippen LogP contribution in [-0.4, -0.2) is 32.8 Å². The molecule has 2 aromatic rings. The summed E-state index contributed by atoms with van der Waals surface area (Å²) in [6.07, 6.45) is 1.64. The van der Waals surface area contributed by atoms with E-state index in [0.29, 0.717) is 10.7 Å². The Morgan fingerprint density at radius 3 is 2.94 bits per heavy atom. The minimum absolute atomic E-state index is 0.158. The van der Waals surface area contributed by atoms with Crippen LogP contribution in [0.15, 0.2) is 12.3 Å². The number of aromatic amines is 1. The van der Waals surface area contributed by atoms with Crippen molar-refractivity contribution in [3.05, 3.63) is 23.0 Å². The van der Waals surface area contributed by atoms with Gasteiger partial charge in [-0.3, -0.25) is 10.1 Å². The van der Waals surface area contributed by atoms with Crippen molar-refractivity contribution in [2.75, 3.05) is 12.4 Å². The van der Waals surface area contributed by atoms with Crippen LogP contribution < -0.4 is 10.1 Å². The summed E-state index contributed by atoms with van der Waals surface area (Å²) in [7, 11) is 3.16. The van der Waals surface area contributed by atoms with Crippen molar-refractivity contribution in [2.24, 2.45) is 7.05 Å². The van der Waals surface area contributed by atoms with E-state index in [1.807, 2.05) is 0 Å². The van der Waals surface area contributed by atoms with Crippen molar-refractivity contribution < 1.29 is 9.53 Å². The van der Waals surface area contributed by atoms with E-state index >= 15 is 0 Å². The molecule has 0 aliphatic carbocycles. The second-order valence-corrected chi connectivity index (χ2v) is 3.72. The number of ether oxygens (including phenoxy) is 1. The van der Waals surface area contributed by atoms with Crippen molar-refractivity contribution in [1.82, 2.24) is 19.7 Å². The van der Waals surface area contributed by atoms with E-state index in [2.05, 4.69) is 20.5 Å². The standard InChI is InChI=1S/C9H10ClN5O2/c1-15-4-5(10)3-6(15)7(16)11-8-12-9(17-2)14-13-8/h3-4H,1-2H3,(H2,11,12,13,14,16). The molecule has 0 unspecified atom stereocenters. The van der Waals surface area contributed by atoms with Crippen molar-refractivity contribution in [2.45, 2.75) is 0 Å². The second-order valence-electron chi connectivity index (χ2n) is 3.28. The van der Waals surface area contributed by atoms with E-state index in [0.717, 1.165) is 0 Å². The predicted octanol–water partition coefficient (Wildman–Crippen LogP) is 1.06. The molecule has 0 bridgehead atoms. The second kappa shape index (κ2) is 4.46. The fraction of sp³-hybridized carbons (Fsp3) is 0.222. The number of carbonyl (C=O) groups is 1. The number of nitrogens with one attached hydrogen (secondary N) is 2. The third-order valence-corrected chi connectivity index (χ3v) is 2.29. The number of hydrogen-bond donors (Lipinski definition) is 2. The molecule has 17 heavy (non-hydrogen) atoms. The SMILES string of the molecule is COc1n[nH]c(NC(=O)c2cc(Cl)cn2C)n1. The highest BCUT2D eigenvalue weighted by molar-refractivity contribution is 6.31. The van der Waals surface area contributed by atoms with Crippen LogP contribution in [0.4, 0.5) is 5.95 Å². The Hall–Kier alpha value is -2.02. The van der Waals surface area contributed by atoms with Gasteiger partial charge in [0.1, 0.15) is 5.69 Å². The third-order valence-electron chi connectivity index (χ3n) is 2.08. The summed E-state index contributed by atoms with van der Waals surface area (Å²) in [5, 5.41) is 9.26. The van der Waals surface area contributed by atoms with E-state index in [-0.39, 0.29) is 17.9 Å². The minimum Gasteiger partial charge on any atom is -0.466 e. The van der Waals surface area contributed by atoms with E-state index in [1.165, 1.54) is 7.11 Å². The molecule has 2 heterocycles. The van der Waals surface area contributed by atoms with Gasteiger partial charge in [-0.15, -0.1) is 5.10 Å². The molecule has 0 saturated carbocycles. The van der Waals surface area contributed by atoms with Crippen LogP contribution >= 0.6 is 11.6 Å². The van der Waals surface area contributed by atoms with Gasteiger partial charge in [0.15, 0.2) is 0 Å². The molecule has 1 amide bonds. The zero-order valence-electron chi connectivity index (χ0n) is 9.19. The molecule has 0 fully saturated rings. The summed E-state index contributed by atoms with van der Waals surface area (Å²) < 4.78 is 6.40. The predicted molar refractivity (Wildman–Crippen MR) is 61.3 cm³/mol. The zero-order valence-corrected chi connectivity index (χ0v) is 9.95. The Morgan fingerprint density at radius 1 is 1.65 bits per heavy atom. The van der Waals surface area contributed by atoms with Crippen molar-refractivity contribution in [1.29, 1.82) is 0 Å². The van der Waals surface area contributed by atoms with Crippen molar-refractivity contribution in [3.63, 3.8) is 0 Å². The van der Waals surface area contributed by atoms with Gasteiger partial charge >= 0.3 is 6.01 Å². The summed E-state index contributed by atoms with van der Waals surface area (Å²) in [5.74, 6) is -0.123. The topological polar surface area (TPSA) is 84.8 Å². The van der Waals surface area contributed by atoms with Crippen LogP contribution in [-0.2, 0) is 7.05 Å². The van der Waals surface area contributed by atoms with Gasteiger partial charge in [-0.2, -0.15) is 4.98 Å². The van der Waals surface area contributed by atoms with Gasteiger partial charge in [-0.1, -0.05) is 11.6 Å². The van der Waals surface area contributed by atoms with Crippen LogP contribution in [0.5, 0.6) is 6.01 Å². The van der Waals surface area contributed by atoms with Crippen LogP contribution in [0.2, 0.25) is 5.02 Å². The summed E-state index contributed by atoms with van der Waals surface area (Å²) in [4.78, 5) is 15.7. The van der Waals surface area contributed by atoms with E-state index < -0.39 is 0 Å². The average molecular weight is 256 g/mol. The lowest BCUT2D eigenvalue weighted by Gasteiger charge is -2.01. The Morgan fingerprint density at radius 2 is 2.41 bits per heavy atom. The number of hydrogen-bond acceptors (Lipinski definition) is 4. The average Bonchev–Trinajstić information content (AvgIpc) is 2.85. The first kappa shape index (κ1) is 11.5. The zero-order chi connectivity index (χ0) is 12.4. The maximum absolute atomic E-state index is 11.8. The number of H-pyrrole nitrogens is 1. The third kappa shape index (κ3) is 2.39. The smallest absolute Gasteiger partial charge is 0.336 e. The van der Waals surface area contributed by atoms with Crippen LogP contribution in [0.25, 0.3) is 0 Å².